The largest absolute Gasteiger partial charge is 0.439 e. The second-order valence-corrected chi connectivity index (χ2v) is 3.55. The van der Waals surface area contributed by atoms with Crippen LogP contribution in [0, 0.1) is 0 Å². The molecule has 0 aliphatic rings. The van der Waals surface area contributed by atoms with Gasteiger partial charge in [0.05, 0.1) is 0 Å². The van der Waals surface area contributed by atoms with Crippen LogP contribution in [0.5, 0.6) is 11.5 Å². The van der Waals surface area contributed by atoms with Crippen molar-refractivity contribution in [2.24, 2.45) is 0 Å². The van der Waals surface area contributed by atoms with Gasteiger partial charge in [0.15, 0.2) is 0 Å². The minimum Gasteiger partial charge on any atom is -0.439 e. The Morgan fingerprint density at radius 3 is 1.56 bits per heavy atom. The molecule has 0 saturated carbocycles. The van der Waals surface area contributed by atoms with E-state index in [0.29, 0.717) is 0 Å². The van der Waals surface area contributed by atoms with E-state index in [9.17, 15) is 0 Å². The average Bonchev–Trinajstić information content (AvgIpc) is 1.96. The van der Waals surface area contributed by atoms with Gasteiger partial charge in [-0.25, -0.2) is 0 Å². The van der Waals surface area contributed by atoms with Crippen LogP contribution in [0.3, 0.4) is 0 Å². The summed E-state index contributed by atoms with van der Waals surface area (Å²) in [6.45, 7) is 2.09. The van der Waals surface area contributed by atoms with Gasteiger partial charge in [-0.05, 0) is 12.1 Å². The Morgan fingerprint density at radius 1 is 0.875 bits per heavy atom. The zero-order valence-electron chi connectivity index (χ0n) is 8.91. The Bertz CT molecular complexity index is 318. The van der Waals surface area contributed by atoms with Crippen molar-refractivity contribution in [2.45, 2.75) is 25.8 Å². The van der Waals surface area contributed by atoms with Crippen LogP contribution >= 0.6 is 0 Å². The first kappa shape index (κ1) is 12.7. The van der Waals surface area contributed by atoms with Gasteiger partial charge in [-0.15, -0.1) is 0 Å². The fraction of sp³-hybridized carbons (Fsp3) is 0.400. The standard InChI is InChI=1S/C10H14O6/c1-9(11,12)15-7-4-3-5-8(6-7)16-10(2,13)14/h3-6,11-14H,1-2H3. The molecule has 1 aromatic rings. The maximum atomic E-state index is 8.99. The molecule has 0 aliphatic heterocycles. The van der Waals surface area contributed by atoms with Crippen LogP contribution in [0.4, 0.5) is 0 Å². The highest BCUT2D eigenvalue weighted by molar-refractivity contribution is 5.33. The van der Waals surface area contributed by atoms with Crippen LogP contribution in [-0.2, 0) is 0 Å². The molecule has 0 aliphatic carbocycles. The molecule has 0 bridgehead atoms. The highest BCUT2D eigenvalue weighted by Gasteiger charge is 2.19. The van der Waals surface area contributed by atoms with Gasteiger partial charge < -0.3 is 29.9 Å². The van der Waals surface area contributed by atoms with E-state index in [1.54, 1.807) is 0 Å². The van der Waals surface area contributed by atoms with Crippen molar-refractivity contribution in [3.05, 3.63) is 24.3 Å². The number of ether oxygens (including phenoxy) is 2. The summed E-state index contributed by atoms with van der Waals surface area (Å²) in [5.74, 6) is -4.37. The van der Waals surface area contributed by atoms with Gasteiger partial charge in [-0.2, -0.15) is 0 Å². The van der Waals surface area contributed by atoms with Gasteiger partial charge >= 0.3 is 11.9 Å². The summed E-state index contributed by atoms with van der Waals surface area (Å²) in [6.07, 6.45) is 0. The van der Waals surface area contributed by atoms with Crippen molar-refractivity contribution in [3.63, 3.8) is 0 Å². The average molecular weight is 230 g/mol. The summed E-state index contributed by atoms with van der Waals surface area (Å²) in [7, 11) is 0. The van der Waals surface area contributed by atoms with Gasteiger partial charge in [0.1, 0.15) is 11.5 Å². The van der Waals surface area contributed by atoms with Crippen molar-refractivity contribution in [3.8, 4) is 11.5 Å². The first-order valence-corrected chi connectivity index (χ1v) is 4.53. The number of hydrogen-bond donors (Lipinski definition) is 4. The van der Waals surface area contributed by atoms with E-state index in [4.69, 9.17) is 29.9 Å². The third-order valence-electron chi connectivity index (χ3n) is 1.43. The third kappa shape index (κ3) is 4.94. The molecule has 4 N–H and O–H groups in total. The predicted molar refractivity (Wildman–Crippen MR) is 53.4 cm³/mol. The maximum absolute atomic E-state index is 8.99. The van der Waals surface area contributed by atoms with Gasteiger partial charge in [0.25, 0.3) is 0 Å². The summed E-state index contributed by atoms with van der Waals surface area (Å²) in [6, 6.07) is 5.71. The Hall–Kier alpha value is -1.34. The van der Waals surface area contributed by atoms with Gasteiger partial charge in [0.2, 0.25) is 0 Å². The quantitative estimate of drug-likeness (QED) is 0.533. The lowest BCUT2D eigenvalue weighted by atomic mass is 10.3. The van der Waals surface area contributed by atoms with E-state index < -0.39 is 11.9 Å². The second-order valence-electron chi connectivity index (χ2n) is 3.55. The third-order valence-corrected chi connectivity index (χ3v) is 1.43. The minimum absolute atomic E-state index is 0.120. The summed E-state index contributed by atoms with van der Waals surface area (Å²) in [5.41, 5.74) is 0. The van der Waals surface area contributed by atoms with Crippen molar-refractivity contribution in [2.75, 3.05) is 0 Å². The maximum Gasteiger partial charge on any atom is 0.318 e. The normalized spacial score (nSPS) is 12.4. The zero-order valence-corrected chi connectivity index (χ0v) is 8.91. The molecule has 0 heterocycles. The van der Waals surface area contributed by atoms with Crippen LogP contribution in [0.1, 0.15) is 13.8 Å². The first-order chi connectivity index (χ1) is 7.16. The van der Waals surface area contributed by atoms with Gasteiger partial charge in [0, 0.05) is 19.9 Å². The Kier molecular flexibility index (Phi) is 3.39. The molecule has 0 spiro atoms. The predicted octanol–water partition coefficient (Wildman–Crippen LogP) is -0.239. The Balaban J connectivity index is 2.79. The molecule has 0 fully saturated rings. The lowest BCUT2D eigenvalue weighted by molar-refractivity contribution is -0.279. The molecule has 0 unspecified atom stereocenters. The molecule has 90 valence electrons. The molecular formula is C10H14O6. The highest BCUT2D eigenvalue weighted by atomic mass is 16.8. The SMILES string of the molecule is CC(O)(O)Oc1cccc(OC(C)(O)O)c1. The van der Waals surface area contributed by atoms with E-state index in [-0.39, 0.29) is 11.5 Å². The molecule has 0 atom stereocenters. The molecule has 1 aromatic carbocycles. The van der Waals surface area contributed by atoms with Crippen LogP contribution < -0.4 is 9.47 Å². The van der Waals surface area contributed by atoms with Crippen LogP contribution in [0.2, 0.25) is 0 Å². The van der Waals surface area contributed by atoms with Crippen molar-refractivity contribution < 1.29 is 29.9 Å². The number of benzene rings is 1. The van der Waals surface area contributed by atoms with Crippen molar-refractivity contribution in [1.29, 1.82) is 0 Å². The molecule has 0 aromatic heterocycles. The lowest BCUT2D eigenvalue weighted by Gasteiger charge is -2.20. The van der Waals surface area contributed by atoms with Crippen LogP contribution in [0.25, 0.3) is 0 Å². The van der Waals surface area contributed by atoms with E-state index >= 15 is 0 Å². The number of rotatable bonds is 4. The number of aliphatic hydroxyl groups is 4. The summed E-state index contributed by atoms with van der Waals surface area (Å²) < 4.78 is 9.45. The van der Waals surface area contributed by atoms with Gasteiger partial charge in [-0.3, -0.25) is 0 Å². The topological polar surface area (TPSA) is 99.4 Å². The van der Waals surface area contributed by atoms with E-state index in [1.807, 2.05) is 0 Å². The molecule has 6 nitrogen and oxygen atoms in total. The van der Waals surface area contributed by atoms with Gasteiger partial charge in [-0.1, -0.05) is 6.07 Å². The molecule has 1 rings (SSSR count). The van der Waals surface area contributed by atoms with E-state index in [1.165, 1.54) is 24.3 Å². The molecule has 16 heavy (non-hydrogen) atoms. The molecule has 0 amide bonds. The summed E-state index contributed by atoms with van der Waals surface area (Å²) >= 11 is 0. The van der Waals surface area contributed by atoms with E-state index in [2.05, 4.69) is 0 Å². The van der Waals surface area contributed by atoms with Crippen molar-refractivity contribution >= 4 is 0 Å². The fourth-order valence-electron chi connectivity index (χ4n) is 1.05. The first-order valence-electron chi connectivity index (χ1n) is 4.53. The fourth-order valence-corrected chi connectivity index (χ4v) is 1.05. The molecule has 0 saturated heterocycles. The summed E-state index contributed by atoms with van der Waals surface area (Å²) in [5, 5.41) is 36.0. The highest BCUT2D eigenvalue weighted by Crippen LogP contribution is 2.23. The Morgan fingerprint density at radius 2 is 1.25 bits per heavy atom. The molecular weight excluding hydrogens is 216 g/mol. The van der Waals surface area contributed by atoms with Crippen molar-refractivity contribution in [1.82, 2.24) is 0 Å². The zero-order chi connectivity index (χ0) is 12.4. The smallest absolute Gasteiger partial charge is 0.318 e. The Labute approximate surface area is 92.3 Å². The van der Waals surface area contributed by atoms with E-state index in [0.717, 1.165) is 13.8 Å². The molecule has 0 radical (unpaired) electrons. The monoisotopic (exact) mass is 230 g/mol. The molecule has 6 heteroatoms. The summed E-state index contributed by atoms with van der Waals surface area (Å²) in [4.78, 5) is 0. The van der Waals surface area contributed by atoms with Crippen LogP contribution in [-0.4, -0.2) is 32.4 Å². The lowest BCUT2D eigenvalue weighted by Crippen LogP contribution is -2.31. The minimum atomic E-state index is -2.31. The van der Waals surface area contributed by atoms with Crippen LogP contribution in [0.15, 0.2) is 24.3 Å². The number of hydrogen-bond acceptors (Lipinski definition) is 6. The second kappa shape index (κ2) is 4.26.